The zero-order valence-corrected chi connectivity index (χ0v) is 8.20. The van der Waals surface area contributed by atoms with E-state index in [1.807, 2.05) is 0 Å². The quantitative estimate of drug-likeness (QED) is 0.651. The lowest BCUT2D eigenvalue weighted by Crippen LogP contribution is -1.94. The van der Waals surface area contributed by atoms with Crippen molar-refractivity contribution in [2.45, 2.75) is 6.92 Å². The molecule has 2 aromatic rings. The maximum absolute atomic E-state index is 8.76. The van der Waals surface area contributed by atoms with Crippen LogP contribution in [0.2, 0.25) is 0 Å². The fourth-order valence-corrected chi connectivity index (χ4v) is 0.828. The van der Waals surface area contributed by atoms with E-state index in [0.717, 1.165) is 0 Å². The lowest BCUT2D eigenvalue weighted by atomic mass is 10.4. The second-order valence-corrected chi connectivity index (χ2v) is 2.63. The van der Waals surface area contributed by atoms with Crippen molar-refractivity contribution >= 4 is 5.95 Å². The van der Waals surface area contributed by atoms with Crippen molar-refractivity contribution < 1.29 is 5.11 Å². The molecule has 78 valence electrons. The molecule has 0 fully saturated rings. The van der Waals surface area contributed by atoms with Gasteiger partial charge in [-0.3, -0.25) is 0 Å². The van der Waals surface area contributed by atoms with Crippen molar-refractivity contribution in [1.82, 2.24) is 19.9 Å². The van der Waals surface area contributed by atoms with Gasteiger partial charge in [-0.25, -0.2) is 15.0 Å². The van der Waals surface area contributed by atoms with E-state index < -0.39 is 0 Å². The Morgan fingerprint density at radius 1 is 1.20 bits per heavy atom. The third kappa shape index (κ3) is 4.51. The molecule has 0 atom stereocenters. The fraction of sp³-hybridized carbons (Fsp3) is 0.111. The predicted octanol–water partition coefficient (Wildman–Crippen LogP) is 0.549. The minimum absolute atomic E-state index is 0.0833. The first-order valence-electron chi connectivity index (χ1n) is 4.18. The van der Waals surface area contributed by atoms with Gasteiger partial charge in [-0.1, -0.05) is 0 Å². The number of nitrogens with two attached hydrogens (primary N) is 1. The third-order valence-electron chi connectivity index (χ3n) is 1.34. The molecule has 0 radical (unpaired) electrons. The summed E-state index contributed by atoms with van der Waals surface area (Å²) in [5.74, 6) is 0.0208. The molecule has 0 aliphatic carbocycles. The van der Waals surface area contributed by atoms with Crippen molar-refractivity contribution in [2.75, 3.05) is 5.73 Å². The molecule has 6 nitrogen and oxygen atoms in total. The second-order valence-electron chi connectivity index (χ2n) is 2.63. The highest BCUT2D eigenvalue weighted by Gasteiger charge is 1.93. The molecule has 0 amide bonds. The molecular formula is C9H11N5O. The number of nitrogens with zero attached hydrogens (tertiary/aromatic N) is 4. The molecule has 0 saturated carbocycles. The van der Waals surface area contributed by atoms with Crippen LogP contribution in [0.15, 0.2) is 30.9 Å². The van der Waals surface area contributed by atoms with Crippen LogP contribution in [0.1, 0.15) is 5.69 Å². The Balaban J connectivity index is 0.000000162. The summed E-state index contributed by atoms with van der Waals surface area (Å²) >= 11 is 0. The Morgan fingerprint density at radius 2 is 1.87 bits per heavy atom. The average molecular weight is 205 g/mol. The van der Waals surface area contributed by atoms with Gasteiger partial charge in [0.25, 0.3) is 0 Å². The van der Waals surface area contributed by atoms with Crippen LogP contribution >= 0.6 is 0 Å². The number of rotatable bonds is 0. The van der Waals surface area contributed by atoms with Gasteiger partial charge in [0.15, 0.2) is 0 Å². The Bertz CT molecular complexity index is 329. The lowest BCUT2D eigenvalue weighted by Gasteiger charge is -1.93. The fourth-order valence-electron chi connectivity index (χ4n) is 0.828. The maximum atomic E-state index is 8.76. The monoisotopic (exact) mass is 205 g/mol. The van der Waals surface area contributed by atoms with E-state index in [2.05, 4.69) is 19.9 Å². The highest BCUT2D eigenvalue weighted by molar-refractivity contribution is 5.23. The number of hydrogen-bond donors (Lipinski definition) is 2. The van der Waals surface area contributed by atoms with Crippen LogP contribution in [-0.2, 0) is 0 Å². The van der Waals surface area contributed by atoms with E-state index in [1.54, 1.807) is 25.4 Å². The van der Waals surface area contributed by atoms with Gasteiger partial charge in [0, 0.05) is 24.2 Å². The maximum Gasteiger partial charge on any atom is 0.223 e. The minimum atomic E-state index is -0.0833. The van der Waals surface area contributed by atoms with Gasteiger partial charge in [-0.15, -0.1) is 0 Å². The van der Waals surface area contributed by atoms with Crippen molar-refractivity contribution in [1.29, 1.82) is 0 Å². The minimum Gasteiger partial charge on any atom is -0.493 e. The van der Waals surface area contributed by atoms with Gasteiger partial charge in [0.2, 0.25) is 11.8 Å². The van der Waals surface area contributed by atoms with Crippen molar-refractivity contribution in [3.05, 3.63) is 36.5 Å². The van der Waals surface area contributed by atoms with E-state index in [9.17, 15) is 0 Å². The molecular weight excluding hydrogens is 194 g/mol. The summed E-state index contributed by atoms with van der Waals surface area (Å²) in [6.07, 6.45) is 4.88. The molecule has 0 spiro atoms. The highest BCUT2D eigenvalue weighted by atomic mass is 16.3. The van der Waals surface area contributed by atoms with E-state index in [-0.39, 0.29) is 11.8 Å². The van der Waals surface area contributed by atoms with Crippen LogP contribution in [0.5, 0.6) is 5.88 Å². The molecule has 0 bridgehead atoms. The Hall–Kier alpha value is -2.24. The summed E-state index contributed by atoms with van der Waals surface area (Å²) in [6, 6.07) is 3.22. The number of aryl methyl sites for hydroxylation is 1. The number of aromatic nitrogens is 4. The standard InChI is InChI=1S/C5H7N3O.C4H4N2/c1-3-2-4(9)8-5(6)7-3;1-2-5-4-6-3-1/h2H,1H3,(H3,6,7,8,9);1-4H. The Morgan fingerprint density at radius 3 is 2.20 bits per heavy atom. The average Bonchev–Trinajstić information content (AvgIpc) is 2.19. The number of aromatic hydroxyl groups is 1. The zero-order valence-electron chi connectivity index (χ0n) is 8.20. The van der Waals surface area contributed by atoms with Gasteiger partial charge in [0.1, 0.15) is 6.33 Å². The molecule has 0 unspecified atom stereocenters. The van der Waals surface area contributed by atoms with E-state index >= 15 is 0 Å². The Labute approximate surface area is 86.9 Å². The third-order valence-corrected chi connectivity index (χ3v) is 1.34. The SMILES string of the molecule is Cc1cc(O)nc(N)n1.c1cncnc1. The molecule has 15 heavy (non-hydrogen) atoms. The van der Waals surface area contributed by atoms with Crippen LogP contribution in [0.4, 0.5) is 5.95 Å². The van der Waals surface area contributed by atoms with Gasteiger partial charge in [-0.05, 0) is 13.0 Å². The summed E-state index contributed by atoms with van der Waals surface area (Å²) in [4.78, 5) is 14.5. The molecule has 0 saturated heterocycles. The van der Waals surface area contributed by atoms with Crippen molar-refractivity contribution in [3.8, 4) is 5.88 Å². The number of nitrogen functional groups attached to an aromatic ring is 1. The van der Waals surface area contributed by atoms with Gasteiger partial charge in [0.05, 0.1) is 0 Å². The first-order chi connectivity index (χ1) is 7.18. The molecule has 2 heterocycles. The number of hydrogen-bond acceptors (Lipinski definition) is 6. The van der Waals surface area contributed by atoms with Gasteiger partial charge in [-0.2, -0.15) is 4.98 Å². The summed E-state index contributed by atoms with van der Waals surface area (Å²) in [5.41, 5.74) is 5.84. The van der Waals surface area contributed by atoms with Crippen LogP contribution in [0, 0.1) is 6.92 Å². The molecule has 2 rings (SSSR count). The highest BCUT2D eigenvalue weighted by Crippen LogP contribution is 2.05. The molecule has 6 heteroatoms. The summed E-state index contributed by atoms with van der Waals surface area (Å²) in [7, 11) is 0. The van der Waals surface area contributed by atoms with Crippen LogP contribution in [0.25, 0.3) is 0 Å². The normalized spacial score (nSPS) is 8.87. The summed E-state index contributed by atoms with van der Waals surface area (Å²) in [6.45, 7) is 1.73. The molecule has 0 aliphatic heterocycles. The van der Waals surface area contributed by atoms with Crippen LogP contribution in [-0.4, -0.2) is 25.0 Å². The van der Waals surface area contributed by atoms with Crippen LogP contribution < -0.4 is 5.73 Å². The van der Waals surface area contributed by atoms with E-state index in [0.29, 0.717) is 5.69 Å². The molecule has 0 aromatic carbocycles. The van der Waals surface area contributed by atoms with Crippen LogP contribution in [0.3, 0.4) is 0 Å². The topological polar surface area (TPSA) is 97.8 Å². The Kier molecular flexibility index (Phi) is 3.96. The van der Waals surface area contributed by atoms with Crippen molar-refractivity contribution in [2.24, 2.45) is 0 Å². The van der Waals surface area contributed by atoms with Gasteiger partial charge >= 0.3 is 0 Å². The molecule has 0 aliphatic rings. The first kappa shape index (κ1) is 10.8. The summed E-state index contributed by atoms with van der Waals surface area (Å²) in [5, 5.41) is 8.76. The lowest BCUT2D eigenvalue weighted by molar-refractivity contribution is 0.452. The second kappa shape index (κ2) is 5.48. The van der Waals surface area contributed by atoms with Crippen molar-refractivity contribution in [3.63, 3.8) is 0 Å². The summed E-state index contributed by atoms with van der Waals surface area (Å²) < 4.78 is 0. The zero-order chi connectivity index (χ0) is 11.1. The van der Waals surface area contributed by atoms with Gasteiger partial charge < -0.3 is 10.8 Å². The smallest absolute Gasteiger partial charge is 0.223 e. The molecule has 2 aromatic heterocycles. The number of anilines is 1. The largest absolute Gasteiger partial charge is 0.493 e. The van der Waals surface area contributed by atoms with E-state index in [1.165, 1.54) is 12.4 Å². The molecule has 3 N–H and O–H groups in total. The first-order valence-corrected chi connectivity index (χ1v) is 4.18. The van der Waals surface area contributed by atoms with E-state index in [4.69, 9.17) is 10.8 Å². The predicted molar refractivity (Wildman–Crippen MR) is 54.9 cm³/mol.